The number of aliphatic hydroxyl groups is 1. The zero-order valence-electron chi connectivity index (χ0n) is 13.4. The monoisotopic (exact) mass is 266 g/mol. The van der Waals surface area contributed by atoms with Crippen molar-refractivity contribution in [2.75, 3.05) is 0 Å². The topological polar surface area (TPSA) is 20.2 Å². The van der Waals surface area contributed by atoms with E-state index in [1.54, 1.807) is 0 Å². The van der Waals surface area contributed by atoms with Crippen LogP contribution in [-0.4, -0.2) is 10.7 Å². The maximum absolute atomic E-state index is 11.2. The lowest BCUT2D eigenvalue weighted by atomic mass is 9.63. The minimum atomic E-state index is -0.340. The first-order valence-electron chi connectivity index (χ1n) is 8.63. The van der Waals surface area contributed by atoms with Crippen molar-refractivity contribution in [2.24, 2.45) is 17.3 Å². The third-order valence-corrected chi connectivity index (χ3v) is 5.59. The first-order chi connectivity index (χ1) is 8.91. The van der Waals surface area contributed by atoms with Crippen molar-refractivity contribution >= 4 is 0 Å². The highest BCUT2D eigenvalue weighted by atomic mass is 16.3. The molecule has 1 N–H and O–H groups in total. The van der Waals surface area contributed by atoms with Gasteiger partial charge >= 0.3 is 0 Å². The Bertz CT molecular complexity index is 272. The van der Waals surface area contributed by atoms with Gasteiger partial charge in [-0.3, -0.25) is 0 Å². The van der Waals surface area contributed by atoms with Crippen molar-refractivity contribution in [2.45, 2.75) is 97.0 Å². The highest BCUT2D eigenvalue weighted by Crippen LogP contribution is 2.46. The molecule has 2 atom stereocenters. The summed E-state index contributed by atoms with van der Waals surface area (Å²) in [6.07, 6.45) is 14.1. The summed E-state index contributed by atoms with van der Waals surface area (Å²) >= 11 is 0. The predicted molar refractivity (Wildman–Crippen MR) is 82.2 cm³/mol. The van der Waals surface area contributed by atoms with Gasteiger partial charge in [0.25, 0.3) is 0 Å². The molecule has 0 aromatic heterocycles. The highest BCUT2D eigenvalue weighted by molar-refractivity contribution is 4.94. The Hall–Kier alpha value is -0.0400. The first-order valence-corrected chi connectivity index (χ1v) is 8.63. The second-order valence-corrected chi connectivity index (χ2v) is 8.41. The number of hydrogen-bond acceptors (Lipinski definition) is 1. The fourth-order valence-corrected chi connectivity index (χ4v) is 4.36. The van der Waals surface area contributed by atoms with Gasteiger partial charge in [0, 0.05) is 0 Å². The Morgan fingerprint density at radius 1 is 0.947 bits per heavy atom. The summed E-state index contributed by atoms with van der Waals surface area (Å²) in [5.74, 6) is 1.42. The molecule has 2 fully saturated rings. The number of rotatable bonds is 3. The van der Waals surface area contributed by atoms with Crippen molar-refractivity contribution < 1.29 is 5.11 Å². The van der Waals surface area contributed by atoms with Gasteiger partial charge in [0.1, 0.15) is 0 Å². The van der Waals surface area contributed by atoms with Crippen molar-refractivity contribution in [3.05, 3.63) is 0 Å². The molecule has 0 aliphatic heterocycles. The third-order valence-electron chi connectivity index (χ3n) is 5.59. The molecule has 1 heteroatoms. The van der Waals surface area contributed by atoms with Crippen LogP contribution in [0.25, 0.3) is 0 Å². The molecule has 0 amide bonds. The standard InChI is InChI=1S/C18H34O/c1-17(2,3)13-14-18(19)12-8-7-11-16(18)15-9-5-4-6-10-15/h15-16,19H,4-14H2,1-3H3. The Kier molecular flexibility index (Phi) is 4.98. The van der Waals surface area contributed by atoms with Crippen LogP contribution >= 0.6 is 0 Å². The molecule has 2 rings (SSSR count). The van der Waals surface area contributed by atoms with Gasteiger partial charge in [-0.1, -0.05) is 65.7 Å². The van der Waals surface area contributed by atoms with Crippen LogP contribution in [0, 0.1) is 17.3 Å². The summed E-state index contributed by atoms with van der Waals surface area (Å²) in [5.41, 5.74) is 0.0117. The second kappa shape index (κ2) is 6.16. The maximum atomic E-state index is 11.2. The molecule has 0 spiro atoms. The maximum Gasteiger partial charge on any atom is 0.0678 e. The van der Waals surface area contributed by atoms with Gasteiger partial charge in [0.2, 0.25) is 0 Å². The molecular formula is C18H34O. The molecule has 0 aromatic carbocycles. The predicted octanol–water partition coefficient (Wildman–Crippen LogP) is 5.31. The van der Waals surface area contributed by atoms with E-state index in [0.717, 1.165) is 25.2 Å². The summed E-state index contributed by atoms with van der Waals surface area (Å²) < 4.78 is 0. The second-order valence-electron chi connectivity index (χ2n) is 8.41. The first kappa shape index (κ1) is 15.4. The summed E-state index contributed by atoms with van der Waals surface area (Å²) in [4.78, 5) is 0. The summed E-state index contributed by atoms with van der Waals surface area (Å²) in [7, 11) is 0. The molecule has 19 heavy (non-hydrogen) atoms. The molecule has 0 bridgehead atoms. The van der Waals surface area contributed by atoms with Crippen molar-refractivity contribution in [1.82, 2.24) is 0 Å². The fraction of sp³-hybridized carbons (Fsp3) is 1.00. The summed E-state index contributed by atoms with van der Waals surface area (Å²) in [6.45, 7) is 6.90. The summed E-state index contributed by atoms with van der Waals surface area (Å²) in [5, 5.41) is 11.2. The number of hydrogen-bond donors (Lipinski definition) is 1. The molecule has 2 unspecified atom stereocenters. The van der Waals surface area contributed by atoms with E-state index in [0.29, 0.717) is 11.3 Å². The van der Waals surface area contributed by atoms with Gasteiger partial charge in [-0.25, -0.2) is 0 Å². The van der Waals surface area contributed by atoms with Crippen LogP contribution in [0.5, 0.6) is 0 Å². The van der Waals surface area contributed by atoms with Gasteiger partial charge in [0.15, 0.2) is 0 Å². The largest absolute Gasteiger partial charge is 0.390 e. The van der Waals surface area contributed by atoms with Gasteiger partial charge < -0.3 is 5.11 Å². The smallest absolute Gasteiger partial charge is 0.0678 e. The lowest BCUT2D eigenvalue weighted by molar-refractivity contribution is -0.0881. The van der Waals surface area contributed by atoms with E-state index in [-0.39, 0.29) is 5.60 Å². The fourth-order valence-electron chi connectivity index (χ4n) is 4.36. The lowest BCUT2D eigenvalue weighted by Gasteiger charge is -2.46. The normalized spacial score (nSPS) is 34.4. The minimum absolute atomic E-state index is 0.340. The van der Waals surface area contributed by atoms with E-state index >= 15 is 0 Å². The molecular weight excluding hydrogens is 232 g/mol. The molecule has 2 saturated carbocycles. The van der Waals surface area contributed by atoms with Crippen LogP contribution in [0.15, 0.2) is 0 Å². The van der Waals surface area contributed by atoms with Crippen LogP contribution in [0.3, 0.4) is 0 Å². The highest BCUT2D eigenvalue weighted by Gasteiger charge is 2.43. The molecule has 2 aliphatic carbocycles. The Balaban J connectivity index is 2.00. The molecule has 112 valence electrons. The van der Waals surface area contributed by atoms with E-state index in [2.05, 4.69) is 20.8 Å². The molecule has 0 radical (unpaired) electrons. The zero-order valence-corrected chi connectivity index (χ0v) is 13.4. The average molecular weight is 266 g/mol. The Labute approximate surface area is 120 Å². The van der Waals surface area contributed by atoms with Gasteiger partial charge in [-0.05, 0) is 42.9 Å². The third kappa shape index (κ3) is 4.21. The zero-order chi connectivity index (χ0) is 13.9. The quantitative estimate of drug-likeness (QED) is 0.733. The Morgan fingerprint density at radius 2 is 1.58 bits per heavy atom. The molecule has 1 nitrogen and oxygen atoms in total. The van der Waals surface area contributed by atoms with Gasteiger partial charge in [0.05, 0.1) is 5.60 Å². The van der Waals surface area contributed by atoms with Crippen LogP contribution in [0.1, 0.15) is 91.4 Å². The van der Waals surface area contributed by atoms with E-state index in [4.69, 9.17) is 0 Å². The summed E-state index contributed by atoms with van der Waals surface area (Å²) in [6, 6.07) is 0. The molecule has 0 saturated heterocycles. The Morgan fingerprint density at radius 3 is 2.21 bits per heavy atom. The molecule has 0 heterocycles. The van der Waals surface area contributed by atoms with Crippen molar-refractivity contribution in [1.29, 1.82) is 0 Å². The van der Waals surface area contributed by atoms with E-state index in [1.807, 2.05) is 0 Å². The van der Waals surface area contributed by atoms with E-state index in [1.165, 1.54) is 51.4 Å². The van der Waals surface area contributed by atoms with Crippen LogP contribution < -0.4 is 0 Å². The van der Waals surface area contributed by atoms with Gasteiger partial charge in [-0.15, -0.1) is 0 Å². The van der Waals surface area contributed by atoms with Gasteiger partial charge in [-0.2, -0.15) is 0 Å². The average Bonchev–Trinajstić information content (AvgIpc) is 2.37. The minimum Gasteiger partial charge on any atom is -0.390 e. The SMILES string of the molecule is CC(C)(C)CCC1(O)CCCCC1C1CCCCC1. The lowest BCUT2D eigenvalue weighted by Crippen LogP contribution is -2.45. The van der Waals surface area contributed by atoms with E-state index in [9.17, 15) is 5.11 Å². The van der Waals surface area contributed by atoms with Crippen LogP contribution in [0.2, 0.25) is 0 Å². The van der Waals surface area contributed by atoms with Crippen LogP contribution in [-0.2, 0) is 0 Å². The van der Waals surface area contributed by atoms with Crippen molar-refractivity contribution in [3.8, 4) is 0 Å². The van der Waals surface area contributed by atoms with E-state index < -0.39 is 0 Å². The van der Waals surface area contributed by atoms with Crippen LogP contribution in [0.4, 0.5) is 0 Å². The molecule has 0 aromatic rings. The molecule has 2 aliphatic rings. The van der Waals surface area contributed by atoms with Crippen molar-refractivity contribution in [3.63, 3.8) is 0 Å².